The van der Waals surface area contributed by atoms with Gasteiger partial charge >= 0.3 is 0 Å². The molecule has 1 N–H and O–H groups in total. The molecule has 1 atom stereocenters. The van der Waals surface area contributed by atoms with E-state index in [1.807, 2.05) is 29.2 Å². The molecule has 0 saturated carbocycles. The van der Waals surface area contributed by atoms with Crippen molar-refractivity contribution in [1.29, 1.82) is 0 Å². The van der Waals surface area contributed by atoms with E-state index in [-0.39, 0.29) is 0 Å². The standard InChI is InChI=1S/C11H14N2S/c1-2-10(11-6-5-9-14-11)12-13-7-3-4-8-13/h3-10,12H,2H2,1H3. The molecule has 0 fully saturated rings. The van der Waals surface area contributed by atoms with Gasteiger partial charge in [-0.3, -0.25) is 4.68 Å². The summed E-state index contributed by atoms with van der Waals surface area (Å²) < 4.78 is 2.01. The van der Waals surface area contributed by atoms with Gasteiger partial charge in [0.25, 0.3) is 0 Å². The molecule has 74 valence electrons. The number of thiophene rings is 1. The van der Waals surface area contributed by atoms with Crippen LogP contribution in [0.15, 0.2) is 42.0 Å². The summed E-state index contributed by atoms with van der Waals surface area (Å²) in [6.45, 7) is 2.20. The maximum Gasteiger partial charge on any atom is 0.0763 e. The molecule has 3 heteroatoms. The fourth-order valence-electron chi connectivity index (χ4n) is 1.45. The Kier molecular flexibility index (Phi) is 2.89. The first-order valence-corrected chi connectivity index (χ1v) is 5.71. The van der Waals surface area contributed by atoms with Crippen LogP contribution in [-0.4, -0.2) is 4.68 Å². The SMILES string of the molecule is CCC(Nn1cccc1)c1cccs1. The van der Waals surface area contributed by atoms with Crippen molar-refractivity contribution in [3.8, 4) is 0 Å². The lowest BCUT2D eigenvalue weighted by molar-refractivity contribution is 0.663. The zero-order valence-electron chi connectivity index (χ0n) is 8.18. The zero-order chi connectivity index (χ0) is 9.80. The normalized spacial score (nSPS) is 12.6. The highest BCUT2D eigenvalue weighted by molar-refractivity contribution is 7.10. The largest absolute Gasteiger partial charge is 0.318 e. The first-order chi connectivity index (χ1) is 6.90. The second-order valence-corrected chi connectivity index (χ2v) is 4.17. The maximum atomic E-state index is 3.44. The Balaban J connectivity index is 2.08. The van der Waals surface area contributed by atoms with E-state index in [1.54, 1.807) is 11.3 Å². The van der Waals surface area contributed by atoms with E-state index >= 15 is 0 Å². The lowest BCUT2D eigenvalue weighted by Gasteiger charge is -2.17. The number of aromatic nitrogens is 1. The molecule has 0 aliphatic heterocycles. The molecule has 0 aromatic carbocycles. The number of nitrogens with one attached hydrogen (secondary N) is 1. The predicted octanol–water partition coefficient (Wildman–Crippen LogP) is 3.24. The van der Waals surface area contributed by atoms with Crippen LogP contribution in [0.5, 0.6) is 0 Å². The number of nitrogens with zero attached hydrogens (tertiary/aromatic N) is 1. The van der Waals surface area contributed by atoms with Crippen LogP contribution in [-0.2, 0) is 0 Å². The highest BCUT2D eigenvalue weighted by Crippen LogP contribution is 2.22. The van der Waals surface area contributed by atoms with Gasteiger partial charge in [-0.15, -0.1) is 11.3 Å². The van der Waals surface area contributed by atoms with Crippen molar-refractivity contribution < 1.29 is 0 Å². The fourth-order valence-corrected chi connectivity index (χ4v) is 2.30. The molecule has 2 rings (SSSR count). The van der Waals surface area contributed by atoms with Crippen molar-refractivity contribution in [3.05, 3.63) is 46.9 Å². The van der Waals surface area contributed by atoms with Gasteiger partial charge in [-0.25, -0.2) is 0 Å². The Morgan fingerprint density at radius 1 is 1.36 bits per heavy atom. The first-order valence-electron chi connectivity index (χ1n) is 4.83. The number of hydrogen-bond donors (Lipinski definition) is 1. The molecule has 14 heavy (non-hydrogen) atoms. The van der Waals surface area contributed by atoms with Crippen molar-refractivity contribution in [2.24, 2.45) is 0 Å². The Morgan fingerprint density at radius 2 is 2.14 bits per heavy atom. The smallest absolute Gasteiger partial charge is 0.0763 e. The lowest BCUT2D eigenvalue weighted by atomic mass is 10.2. The molecule has 0 bridgehead atoms. The number of hydrogen-bond acceptors (Lipinski definition) is 2. The van der Waals surface area contributed by atoms with E-state index in [0.717, 1.165) is 6.42 Å². The molecular formula is C11H14N2S. The summed E-state index contributed by atoms with van der Waals surface area (Å²) in [5, 5.41) is 2.12. The third-order valence-electron chi connectivity index (χ3n) is 2.20. The van der Waals surface area contributed by atoms with Crippen molar-refractivity contribution in [2.75, 3.05) is 5.43 Å². The molecular weight excluding hydrogens is 192 g/mol. The van der Waals surface area contributed by atoms with Gasteiger partial charge in [-0.2, -0.15) is 0 Å². The van der Waals surface area contributed by atoms with Crippen molar-refractivity contribution >= 4 is 11.3 Å². The topological polar surface area (TPSA) is 17.0 Å². The Hall–Kier alpha value is -1.22. The summed E-state index contributed by atoms with van der Waals surface area (Å²) in [5.74, 6) is 0. The molecule has 2 heterocycles. The second-order valence-electron chi connectivity index (χ2n) is 3.20. The average Bonchev–Trinajstić information content (AvgIpc) is 2.86. The summed E-state index contributed by atoms with van der Waals surface area (Å²) in [6, 6.07) is 8.74. The molecule has 2 aromatic rings. The Bertz CT molecular complexity index is 351. The van der Waals surface area contributed by atoms with Crippen molar-refractivity contribution in [3.63, 3.8) is 0 Å². The van der Waals surface area contributed by atoms with Gasteiger partial charge in [-0.05, 0) is 30.0 Å². The highest BCUT2D eigenvalue weighted by Gasteiger charge is 2.08. The zero-order valence-corrected chi connectivity index (χ0v) is 9.00. The van der Waals surface area contributed by atoms with Crippen molar-refractivity contribution in [1.82, 2.24) is 4.68 Å². The minimum Gasteiger partial charge on any atom is -0.318 e. The first kappa shape index (κ1) is 9.34. The monoisotopic (exact) mass is 206 g/mol. The molecule has 1 unspecified atom stereocenters. The molecule has 0 saturated heterocycles. The minimum absolute atomic E-state index is 0.419. The average molecular weight is 206 g/mol. The summed E-state index contributed by atoms with van der Waals surface area (Å²) in [7, 11) is 0. The van der Waals surface area contributed by atoms with Crippen LogP contribution >= 0.6 is 11.3 Å². The fraction of sp³-hybridized carbons (Fsp3) is 0.273. The molecule has 0 radical (unpaired) electrons. The van der Waals surface area contributed by atoms with Gasteiger partial charge in [-0.1, -0.05) is 13.0 Å². The van der Waals surface area contributed by atoms with Crippen LogP contribution in [0.1, 0.15) is 24.3 Å². The second kappa shape index (κ2) is 4.33. The number of rotatable bonds is 4. The van der Waals surface area contributed by atoms with Crippen LogP contribution in [0.3, 0.4) is 0 Å². The molecule has 0 amide bonds. The highest BCUT2D eigenvalue weighted by atomic mass is 32.1. The quantitative estimate of drug-likeness (QED) is 0.812. The predicted molar refractivity (Wildman–Crippen MR) is 61.1 cm³/mol. The van der Waals surface area contributed by atoms with Crippen molar-refractivity contribution in [2.45, 2.75) is 19.4 Å². The summed E-state index contributed by atoms with van der Waals surface area (Å²) in [5.41, 5.74) is 3.44. The van der Waals surface area contributed by atoms with E-state index in [2.05, 4.69) is 29.9 Å². The van der Waals surface area contributed by atoms with E-state index in [9.17, 15) is 0 Å². The van der Waals surface area contributed by atoms with Gasteiger partial charge < -0.3 is 5.43 Å². The van der Waals surface area contributed by atoms with Crippen LogP contribution in [0.25, 0.3) is 0 Å². The molecule has 0 aliphatic rings. The van der Waals surface area contributed by atoms with Crippen LogP contribution in [0.2, 0.25) is 0 Å². The summed E-state index contributed by atoms with van der Waals surface area (Å²) in [4.78, 5) is 1.39. The molecule has 0 spiro atoms. The lowest BCUT2D eigenvalue weighted by Crippen LogP contribution is -2.17. The maximum absolute atomic E-state index is 3.44. The summed E-state index contributed by atoms with van der Waals surface area (Å²) in [6.07, 6.45) is 5.14. The van der Waals surface area contributed by atoms with E-state index < -0.39 is 0 Å². The van der Waals surface area contributed by atoms with Crippen LogP contribution in [0, 0.1) is 0 Å². The summed E-state index contributed by atoms with van der Waals surface area (Å²) >= 11 is 1.80. The van der Waals surface area contributed by atoms with Crippen LogP contribution in [0.4, 0.5) is 0 Å². The van der Waals surface area contributed by atoms with Gasteiger partial charge in [0.2, 0.25) is 0 Å². The van der Waals surface area contributed by atoms with E-state index in [0.29, 0.717) is 6.04 Å². The van der Waals surface area contributed by atoms with Gasteiger partial charge in [0.15, 0.2) is 0 Å². The minimum atomic E-state index is 0.419. The van der Waals surface area contributed by atoms with E-state index in [4.69, 9.17) is 0 Å². The Morgan fingerprint density at radius 3 is 2.71 bits per heavy atom. The van der Waals surface area contributed by atoms with Gasteiger partial charge in [0, 0.05) is 17.3 Å². The molecule has 2 aromatic heterocycles. The van der Waals surface area contributed by atoms with Gasteiger partial charge in [0.05, 0.1) is 6.04 Å². The third kappa shape index (κ3) is 1.99. The Labute approximate surface area is 88.2 Å². The molecule has 0 aliphatic carbocycles. The molecule has 2 nitrogen and oxygen atoms in total. The van der Waals surface area contributed by atoms with E-state index in [1.165, 1.54) is 4.88 Å². The van der Waals surface area contributed by atoms with Gasteiger partial charge in [0.1, 0.15) is 0 Å². The third-order valence-corrected chi connectivity index (χ3v) is 3.19. The van der Waals surface area contributed by atoms with Crippen LogP contribution < -0.4 is 5.43 Å².